The molecule has 0 unspecified atom stereocenters. The monoisotopic (exact) mass is 351 g/mol. The van der Waals surface area contributed by atoms with Crippen molar-refractivity contribution in [2.45, 2.75) is 46.1 Å². The number of nitrogens with one attached hydrogen (secondary N) is 2. The fraction of sp³-hybridized carbons (Fsp3) is 0.409. The highest BCUT2D eigenvalue weighted by atomic mass is 16.1. The number of carbonyl (C=O) groups is 1. The number of rotatable bonds is 5. The first kappa shape index (κ1) is 18.3. The third-order valence-corrected chi connectivity index (χ3v) is 5.11. The molecule has 4 heteroatoms. The van der Waals surface area contributed by atoms with Gasteiger partial charge in [0.25, 0.3) is 5.91 Å². The number of nitrogens with zero attached hydrogens (tertiary/aromatic N) is 1. The SMILES string of the molecule is CCN(CC)c1ccc(NC(=O)c2ccc3c(c2)CCC(C)(C)N3)cc1. The van der Waals surface area contributed by atoms with Crippen molar-refractivity contribution in [3.8, 4) is 0 Å². The summed E-state index contributed by atoms with van der Waals surface area (Å²) < 4.78 is 0. The van der Waals surface area contributed by atoms with E-state index in [1.165, 1.54) is 11.3 Å². The van der Waals surface area contributed by atoms with Gasteiger partial charge in [0.2, 0.25) is 0 Å². The Hall–Kier alpha value is -2.49. The van der Waals surface area contributed by atoms with Crippen LogP contribution in [0.4, 0.5) is 17.1 Å². The van der Waals surface area contributed by atoms with Gasteiger partial charge in [-0.15, -0.1) is 0 Å². The molecule has 4 nitrogen and oxygen atoms in total. The standard InChI is InChI=1S/C22H29N3O/c1-5-25(6-2)19-10-8-18(9-11-19)23-21(26)17-7-12-20-16(15-17)13-14-22(3,4)24-20/h7-12,15,24H,5-6,13-14H2,1-4H3,(H,23,26). The van der Waals surface area contributed by atoms with Crippen LogP contribution in [0.2, 0.25) is 0 Å². The molecular weight excluding hydrogens is 322 g/mol. The first-order valence-electron chi connectivity index (χ1n) is 9.49. The van der Waals surface area contributed by atoms with E-state index in [0.717, 1.165) is 37.3 Å². The van der Waals surface area contributed by atoms with E-state index in [4.69, 9.17) is 0 Å². The number of amides is 1. The minimum Gasteiger partial charge on any atom is -0.380 e. The molecular formula is C22H29N3O. The van der Waals surface area contributed by atoms with E-state index in [9.17, 15) is 4.79 Å². The van der Waals surface area contributed by atoms with Gasteiger partial charge in [0.1, 0.15) is 0 Å². The molecule has 1 amide bonds. The normalized spacial score (nSPS) is 14.9. The van der Waals surface area contributed by atoms with Crippen LogP contribution in [0.1, 0.15) is 50.0 Å². The highest BCUT2D eigenvalue weighted by Gasteiger charge is 2.24. The number of benzene rings is 2. The minimum absolute atomic E-state index is 0.0618. The molecule has 0 bridgehead atoms. The molecule has 1 heterocycles. The summed E-state index contributed by atoms with van der Waals surface area (Å²) in [7, 11) is 0. The van der Waals surface area contributed by atoms with Gasteiger partial charge >= 0.3 is 0 Å². The van der Waals surface area contributed by atoms with Gasteiger partial charge in [-0.1, -0.05) is 0 Å². The van der Waals surface area contributed by atoms with Crippen LogP contribution in [0, 0.1) is 0 Å². The molecule has 2 aromatic carbocycles. The van der Waals surface area contributed by atoms with Gasteiger partial charge in [0.05, 0.1) is 0 Å². The second-order valence-corrected chi connectivity index (χ2v) is 7.55. The smallest absolute Gasteiger partial charge is 0.255 e. The van der Waals surface area contributed by atoms with Gasteiger partial charge < -0.3 is 15.5 Å². The zero-order valence-corrected chi connectivity index (χ0v) is 16.2. The Labute approximate surface area is 156 Å². The van der Waals surface area contributed by atoms with Gasteiger partial charge in [0.15, 0.2) is 0 Å². The van der Waals surface area contributed by atoms with E-state index in [1.54, 1.807) is 0 Å². The largest absolute Gasteiger partial charge is 0.380 e. The Morgan fingerprint density at radius 2 is 1.81 bits per heavy atom. The van der Waals surface area contributed by atoms with E-state index < -0.39 is 0 Å². The lowest BCUT2D eigenvalue weighted by Gasteiger charge is -2.34. The van der Waals surface area contributed by atoms with Crippen molar-refractivity contribution < 1.29 is 4.79 Å². The van der Waals surface area contributed by atoms with E-state index >= 15 is 0 Å². The van der Waals surface area contributed by atoms with Gasteiger partial charge in [-0.25, -0.2) is 0 Å². The molecule has 3 rings (SSSR count). The average Bonchev–Trinajstić information content (AvgIpc) is 2.63. The molecule has 0 saturated heterocycles. The summed E-state index contributed by atoms with van der Waals surface area (Å²) in [5.74, 6) is -0.0618. The van der Waals surface area contributed by atoms with Crippen molar-refractivity contribution in [3.05, 3.63) is 53.6 Å². The zero-order chi connectivity index (χ0) is 18.7. The molecule has 1 aliphatic rings. The van der Waals surface area contributed by atoms with Gasteiger partial charge in [-0.3, -0.25) is 4.79 Å². The molecule has 1 aliphatic heterocycles. The molecule has 2 N–H and O–H groups in total. The predicted octanol–water partition coefficient (Wildman–Crippen LogP) is 4.92. The summed E-state index contributed by atoms with van der Waals surface area (Å²) in [5.41, 5.74) is 5.18. The number of fused-ring (bicyclic) bond motifs is 1. The maximum Gasteiger partial charge on any atom is 0.255 e. The average molecular weight is 351 g/mol. The lowest BCUT2D eigenvalue weighted by Crippen LogP contribution is -2.35. The van der Waals surface area contributed by atoms with Crippen LogP contribution >= 0.6 is 0 Å². The highest BCUT2D eigenvalue weighted by molar-refractivity contribution is 6.04. The fourth-order valence-corrected chi connectivity index (χ4v) is 3.49. The van der Waals surface area contributed by atoms with Crippen molar-refractivity contribution in [2.75, 3.05) is 28.6 Å². The molecule has 138 valence electrons. The summed E-state index contributed by atoms with van der Waals surface area (Å²) >= 11 is 0. The lowest BCUT2D eigenvalue weighted by atomic mass is 9.88. The summed E-state index contributed by atoms with van der Waals surface area (Å²) in [4.78, 5) is 14.9. The van der Waals surface area contributed by atoms with Gasteiger partial charge in [-0.05, 0) is 88.6 Å². The maximum atomic E-state index is 12.6. The van der Waals surface area contributed by atoms with Crippen LogP contribution in [0.5, 0.6) is 0 Å². The molecule has 0 aromatic heterocycles. The first-order chi connectivity index (χ1) is 12.4. The summed E-state index contributed by atoms with van der Waals surface area (Å²) in [6, 6.07) is 14.0. The van der Waals surface area contributed by atoms with Crippen LogP contribution < -0.4 is 15.5 Å². The number of hydrogen-bond acceptors (Lipinski definition) is 3. The zero-order valence-electron chi connectivity index (χ0n) is 16.2. The van der Waals surface area contributed by atoms with Crippen molar-refractivity contribution in [3.63, 3.8) is 0 Å². The predicted molar refractivity (Wildman–Crippen MR) is 110 cm³/mol. The quantitative estimate of drug-likeness (QED) is 0.803. The topological polar surface area (TPSA) is 44.4 Å². The minimum atomic E-state index is -0.0618. The van der Waals surface area contributed by atoms with Gasteiger partial charge in [-0.2, -0.15) is 0 Å². The molecule has 26 heavy (non-hydrogen) atoms. The molecule has 0 aliphatic carbocycles. The number of hydrogen-bond donors (Lipinski definition) is 2. The van der Waals surface area contributed by atoms with E-state index in [-0.39, 0.29) is 11.4 Å². The van der Waals surface area contributed by atoms with Crippen molar-refractivity contribution in [2.24, 2.45) is 0 Å². The number of carbonyl (C=O) groups excluding carboxylic acids is 1. The highest BCUT2D eigenvalue weighted by Crippen LogP contribution is 2.31. The van der Waals surface area contributed by atoms with Crippen LogP contribution in [-0.2, 0) is 6.42 Å². The van der Waals surface area contributed by atoms with Crippen LogP contribution in [-0.4, -0.2) is 24.5 Å². The Morgan fingerprint density at radius 3 is 2.46 bits per heavy atom. The van der Waals surface area contributed by atoms with Crippen LogP contribution in [0.25, 0.3) is 0 Å². The van der Waals surface area contributed by atoms with E-state index in [2.05, 4.69) is 55.4 Å². The van der Waals surface area contributed by atoms with Crippen molar-refractivity contribution >= 4 is 23.0 Å². The Kier molecular flexibility index (Phi) is 5.21. The Morgan fingerprint density at radius 1 is 1.12 bits per heavy atom. The number of anilines is 3. The summed E-state index contributed by atoms with van der Waals surface area (Å²) in [6.07, 6.45) is 2.06. The van der Waals surface area contributed by atoms with Gasteiger partial charge in [0, 0.05) is 41.3 Å². The molecule has 0 radical (unpaired) electrons. The number of aryl methyl sites for hydroxylation is 1. The molecule has 0 saturated carbocycles. The van der Waals surface area contributed by atoms with E-state index in [1.807, 2.05) is 30.3 Å². The van der Waals surface area contributed by atoms with E-state index in [0.29, 0.717) is 5.56 Å². The molecule has 0 spiro atoms. The Balaban J connectivity index is 1.71. The fourth-order valence-electron chi connectivity index (χ4n) is 3.49. The summed E-state index contributed by atoms with van der Waals surface area (Å²) in [6.45, 7) is 10.7. The van der Waals surface area contributed by atoms with Crippen molar-refractivity contribution in [1.82, 2.24) is 0 Å². The molecule has 0 atom stereocenters. The maximum absolute atomic E-state index is 12.6. The summed E-state index contributed by atoms with van der Waals surface area (Å²) in [5, 5.41) is 6.55. The first-order valence-corrected chi connectivity index (χ1v) is 9.49. The van der Waals surface area contributed by atoms with Crippen molar-refractivity contribution in [1.29, 1.82) is 0 Å². The Bertz CT molecular complexity index is 776. The second kappa shape index (κ2) is 7.40. The molecule has 0 fully saturated rings. The third-order valence-electron chi connectivity index (χ3n) is 5.11. The second-order valence-electron chi connectivity index (χ2n) is 7.55. The lowest BCUT2D eigenvalue weighted by molar-refractivity contribution is 0.102. The molecule has 2 aromatic rings. The van der Waals surface area contributed by atoms with Crippen LogP contribution in [0.15, 0.2) is 42.5 Å². The van der Waals surface area contributed by atoms with Crippen LogP contribution in [0.3, 0.4) is 0 Å². The third kappa shape index (κ3) is 4.01.